The molecule has 0 bridgehead atoms. The van der Waals surface area contributed by atoms with E-state index in [1.54, 1.807) is 0 Å². The zero-order chi connectivity index (χ0) is 17.4. The Balaban J connectivity index is 1.97. The molecule has 1 aliphatic heterocycles. The number of hydrogen-bond donors (Lipinski definition) is 0. The lowest BCUT2D eigenvalue weighted by Crippen LogP contribution is -2.41. The summed E-state index contributed by atoms with van der Waals surface area (Å²) in [4.78, 5) is 26.3. The van der Waals surface area contributed by atoms with Gasteiger partial charge < -0.3 is 4.74 Å². The molecule has 1 heterocycles. The Labute approximate surface area is 145 Å². The van der Waals surface area contributed by atoms with Crippen LogP contribution in [0.2, 0.25) is 0 Å². The smallest absolute Gasteiger partial charge is 0.416 e. The van der Waals surface area contributed by atoms with Crippen molar-refractivity contribution in [3.05, 3.63) is 35.9 Å². The molecule has 1 aromatic carbocycles. The summed E-state index contributed by atoms with van der Waals surface area (Å²) >= 11 is 0. The van der Waals surface area contributed by atoms with Gasteiger partial charge in [-0.3, -0.25) is 4.79 Å². The van der Waals surface area contributed by atoms with Gasteiger partial charge in [-0.1, -0.05) is 63.4 Å². The predicted octanol–water partition coefficient (Wildman–Crippen LogP) is 4.78. The van der Waals surface area contributed by atoms with Gasteiger partial charge in [0.1, 0.15) is 6.61 Å². The summed E-state index contributed by atoms with van der Waals surface area (Å²) in [6.07, 6.45) is 5.67. The minimum Gasteiger partial charge on any atom is -0.444 e. The largest absolute Gasteiger partial charge is 0.444 e. The van der Waals surface area contributed by atoms with Crippen molar-refractivity contribution in [1.82, 2.24) is 4.90 Å². The number of imide groups is 1. The fraction of sp³-hybridized carbons (Fsp3) is 0.600. The molecule has 0 aromatic heterocycles. The zero-order valence-corrected chi connectivity index (χ0v) is 14.9. The molecule has 1 aromatic rings. The van der Waals surface area contributed by atoms with Gasteiger partial charge in [0, 0.05) is 12.5 Å². The van der Waals surface area contributed by atoms with Crippen LogP contribution in [0.25, 0.3) is 0 Å². The minimum absolute atomic E-state index is 0.0944. The second-order valence-electron chi connectivity index (χ2n) is 6.78. The van der Waals surface area contributed by atoms with Crippen LogP contribution in [0, 0.1) is 11.8 Å². The van der Waals surface area contributed by atoms with Crippen LogP contribution < -0.4 is 0 Å². The second kappa shape index (κ2) is 9.45. The maximum absolute atomic E-state index is 12.6. The molecule has 0 N–H and O–H groups in total. The van der Waals surface area contributed by atoms with Crippen LogP contribution in [-0.2, 0) is 16.1 Å². The lowest BCUT2D eigenvalue weighted by Gasteiger charge is -2.26. The number of rotatable bonds is 3. The van der Waals surface area contributed by atoms with E-state index in [4.69, 9.17) is 4.74 Å². The van der Waals surface area contributed by atoms with Gasteiger partial charge in [-0.05, 0) is 30.7 Å². The maximum atomic E-state index is 12.6. The highest BCUT2D eigenvalue weighted by Gasteiger charge is 2.28. The average Bonchev–Trinajstić information content (AvgIpc) is 2.61. The standard InChI is InChI=1S/C20H29NO3/c1-3-17-12-7-9-16(2)19(22)21(14-8-13-17)20(23)24-15-18-10-5-4-6-11-18/h4-6,10-11,16-17H,3,7-9,12-15H2,1-2H3/t16-,17+/m1/s1. The normalized spacial score (nSPS) is 22.9. The number of hydrogen-bond acceptors (Lipinski definition) is 3. The minimum atomic E-state index is -0.510. The molecule has 24 heavy (non-hydrogen) atoms. The Bertz CT molecular complexity index is 529. The van der Waals surface area contributed by atoms with E-state index in [1.165, 1.54) is 17.7 Å². The molecule has 1 saturated heterocycles. The molecule has 0 unspecified atom stereocenters. The maximum Gasteiger partial charge on any atom is 0.416 e. The summed E-state index contributed by atoms with van der Waals surface area (Å²) in [5.41, 5.74) is 0.929. The van der Waals surface area contributed by atoms with Gasteiger partial charge in [0.2, 0.25) is 5.91 Å². The van der Waals surface area contributed by atoms with Crippen molar-refractivity contribution in [1.29, 1.82) is 0 Å². The van der Waals surface area contributed by atoms with Crippen molar-refractivity contribution in [3.63, 3.8) is 0 Å². The molecule has 2 amide bonds. The highest BCUT2D eigenvalue weighted by Crippen LogP contribution is 2.24. The summed E-state index contributed by atoms with van der Waals surface area (Å²) in [6.45, 7) is 4.81. The van der Waals surface area contributed by atoms with Crippen LogP contribution in [0.4, 0.5) is 4.79 Å². The van der Waals surface area contributed by atoms with Crippen LogP contribution in [0.15, 0.2) is 30.3 Å². The highest BCUT2D eigenvalue weighted by molar-refractivity contribution is 5.93. The van der Waals surface area contributed by atoms with Gasteiger partial charge in [-0.25, -0.2) is 9.69 Å². The summed E-state index contributed by atoms with van der Waals surface area (Å²) in [7, 11) is 0. The Morgan fingerprint density at radius 3 is 2.58 bits per heavy atom. The van der Waals surface area contributed by atoms with Gasteiger partial charge in [0.25, 0.3) is 0 Å². The van der Waals surface area contributed by atoms with Crippen molar-refractivity contribution < 1.29 is 14.3 Å². The van der Waals surface area contributed by atoms with Crippen molar-refractivity contribution in [2.24, 2.45) is 11.8 Å². The monoisotopic (exact) mass is 331 g/mol. The molecule has 4 heteroatoms. The third kappa shape index (κ3) is 5.36. The van der Waals surface area contributed by atoms with Crippen LogP contribution >= 0.6 is 0 Å². The third-order valence-corrected chi connectivity index (χ3v) is 4.93. The summed E-state index contributed by atoms with van der Waals surface area (Å²) in [6, 6.07) is 9.56. The van der Waals surface area contributed by atoms with E-state index in [0.717, 1.165) is 31.2 Å². The topological polar surface area (TPSA) is 46.6 Å². The first-order chi connectivity index (χ1) is 11.6. The van der Waals surface area contributed by atoms with E-state index < -0.39 is 6.09 Å². The van der Waals surface area contributed by atoms with Crippen LogP contribution in [0.1, 0.15) is 57.9 Å². The lowest BCUT2D eigenvalue weighted by molar-refractivity contribution is -0.133. The van der Waals surface area contributed by atoms with E-state index in [-0.39, 0.29) is 18.4 Å². The molecule has 1 aliphatic rings. The summed E-state index contributed by atoms with van der Waals surface area (Å²) in [5.74, 6) is 0.487. The first kappa shape index (κ1) is 18.5. The molecule has 1 fully saturated rings. The van der Waals surface area contributed by atoms with E-state index in [9.17, 15) is 9.59 Å². The van der Waals surface area contributed by atoms with Crippen LogP contribution in [0.3, 0.4) is 0 Å². The Hall–Kier alpha value is -1.84. The number of carbonyl (C=O) groups excluding carboxylic acids is 2. The number of carbonyl (C=O) groups is 2. The van der Waals surface area contributed by atoms with E-state index in [0.29, 0.717) is 12.5 Å². The van der Waals surface area contributed by atoms with E-state index in [1.807, 2.05) is 37.3 Å². The second-order valence-corrected chi connectivity index (χ2v) is 6.78. The van der Waals surface area contributed by atoms with Gasteiger partial charge in [0.05, 0.1) is 0 Å². The molecule has 2 atom stereocenters. The molecule has 4 nitrogen and oxygen atoms in total. The molecule has 132 valence electrons. The summed E-state index contributed by atoms with van der Waals surface area (Å²) in [5, 5.41) is 0. The van der Waals surface area contributed by atoms with Crippen LogP contribution in [-0.4, -0.2) is 23.4 Å². The number of benzene rings is 1. The number of nitrogens with zero attached hydrogens (tertiary/aromatic N) is 1. The highest BCUT2D eigenvalue weighted by atomic mass is 16.6. The Kier molecular flexibility index (Phi) is 7.29. The van der Waals surface area contributed by atoms with Crippen molar-refractivity contribution in [2.75, 3.05) is 6.54 Å². The molecule has 0 radical (unpaired) electrons. The fourth-order valence-corrected chi connectivity index (χ4v) is 3.28. The van der Waals surface area contributed by atoms with Crippen molar-refractivity contribution in [3.8, 4) is 0 Å². The van der Waals surface area contributed by atoms with Gasteiger partial charge in [-0.2, -0.15) is 0 Å². The van der Waals surface area contributed by atoms with Crippen molar-refractivity contribution in [2.45, 2.75) is 59.0 Å². The van der Waals surface area contributed by atoms with Crippen molar-refractivity contribution >= 4 is 12.0 Å². The van der Waals surface area contributed by atoms with E-state index >= 15 is 0 Å². The lowest BCUT2D eigenvalue weighted by atomic mass is 9.90. The number of ether oxygens (including phenoxy) is 1. The molecule has 0 saturated carbocycles. The SMILES string of the molecule is CC[C@H]1CCC[C@@H](C)C(=O)N(C(=O)OCc2ccccc2)CCC1. The predicted molar refractivity (Wildman–Crippen MR) is 94.4 cm³/mol. The summed E-state index contributed by atoms with van der Waals surface area (Å²) < 4.78 is 5.37. The first-order valence-corrected chi connectivity index (χ1v) is 9.13. The molecular weight excluding hydrogens is 302 g/mol. The zero-order valence-electron chi connectivity index (χ0n) is 14.9. The molecule has 0 aliphatic carbocycles. The quantitative estimate of drug-likeness (QED) is 0.801. The fourth-order valence-electron chi connectivity index (χ4n) is 3.28. The Morgan fingerprint density at radius 2 is 1.88 bits per heavy atom. The van der Waals surface area contributed by atoms with Gasteiger partial charge in [-0.15, -0.1) is 0 Å². The first-order valence-electron chi connectivity index (χ1n) is 9.13. The molecular formula is C20H29NO3. The molecule has 0 spiro atoms. The van der Waals surface area contributed by atoms with Gasteiger partial charge >= 0.3 is 6.09 Å². The molecule has 2 rings (SSSR count). The third-order valence-electron chi connectivity index (χ3n) is 4.93. The Morgan fingerprint density at radius 1 is 1.17 bits per heavy atom. The van der Waals surface area contributed by atoms with Crippen LogP contribution in [0.5, 0.6) is 0 Å². The number of amides is 2. The van der Waals surface area contributed by atoms with Gasteiger partial charge in [0.15, 0.2) is 0 Å². The van der Waals surface area contributed by atoms with E-state index in [2.05, 4.69) is 6.92 Å². The average molecular weight is 331 g/mol.